The second-order valence-electron chi connectivity index (χ2n) is 8.24. The van der Waals surface area contributed by atoms with Gasteiger partial charge in [0.05, 0.1) is 12.4 Å². The summed E-state index contributed by atoms with van der Waals surface area (Å²) >= 11 is 5.34. The maximum Gasteiger partial charge on any atom is 0.207 e. The van der Waals surface area contributed by atoms with E-state index < -0.39 is 0 Å². The maximum absolute atomic E-state index is 5.34. The molecule has 0 bridgehead atoms. The average Bonchev–Trinajstić information content (AvgIpc) is 2.85. The van der Waals surface area contributed by atoms with Crippen molar-refractivity contribution in [3.05, 3.63) is 82.9 Å². The first-order chi connectivity index (χ1) is 16.7. The molecule has 180 valence electrons. The molecule has 2 aromatic carbocycles. The molecule has 0 aromatic heterocycles. The lowest BCUT2D eigenvalue weighted by Crippen LogP contribution is -2.28. The number of unbranched alkanes of at least 4 members (excludes halogenated alkanes) is 4. The third-order valence-corrected chi connectivity index (χ3v) is 5.42. The van der Waals surface area contributed by atoms with Crippen LogP contribution in [0.25, 0.3) is 12.2 Å². The van der Waals surface area contributed by atoms with Crippen molar-refractivity contribution in [2.75, 3.05) is 0 Å². The van der Waals surface area contributed by atoms with Crippen LogP contribution >= 0.6 is 12.2 Å². The Balaban J connectivity index is 1.93. The van der Waals surface area contributed by atoms with Gasteiger partial charge in [0.2, 0.25) is 5.11 Å². The van der Waals surface area contributed by atoms with E-state index in [0.717, 1.165) is 25.7 Å². The fourth-order valence-electron chi connectivity index (χ4n) is 3.41. The highest BCUT2D eigenvalue weighted by atomic mass is 32.1. The molecule has 0 saturated carbocycles. The first kappa shape index (κ1) is 27.2. The van der Waals surface area contributed by atoms with Gasteiger partial charge in [0.25, 0.3) is 0 Å². The van der Waals surface area contributed by atoms with E-state index in [1.54, 1.807) is 0 Å². The van der Waals surface area contributed by atoms with Gasteiger partial charge in [-0.1, -0.05) is 112 Å². The Kier molecular flexibility index (Phi) is 13.9. The minimum Gasteiger partial charge on any atom is -0.252 e. The predicted molar refractivity (Wildman–Crippen MR) is 153 cm³/mol. The highest BCUT2D eigenvalue weighted by Gasteiger charge is 1.98. The standard InChI is InChI=1S/C29H38N4S/c1-3-5-9-19-27(21-25-15-11-7-12-16-25)23-30-32-29(34)33-31-24-28(20-10-6-4-2)22-26-17-13-8-14-18-26/h7-8,11-18,21-24H,3-6,9-10,19-20H2,1-2H3,(H2,32,33,34)/b27-21?,28-22?,30-23-,31-24+. The summed E-state index contributed by atoms with van der Waals surface area (Å²) in [5.41, 5.74) is 10.4. The van der Waals surface area contributed by atoms with Crippen LogP contribution in [0.4, 0.5) is 0 Å². The summed E-state index contributed by atoms with van der Waals surface area (Å²) in [7, 11) is 0. The summed E-state index contributed by atoms with van der Waals surface area (Å²) in [5, 5.41) is 9.04. The number of nitrogens with one attached hydrogen (secondary N) is 2. The van der Waals surface area contributed by atoms with E-state index in [1.807, 2.05) is 48.8 Å². The van der Waals surface area contributed by atoms with Crippen LogP contribution < -0.4 is 10.9 Å². The average molecular weight is 475 g/mol. The number of benzene rings is 2. The van der Waals surface area contributed by atoms with Gasteiger partial charge in [-0.25, -0.2) is 0 Å². The Morgan fingerprint density at radius 1 is 0.676 bits per heavy atom. The molecule has 0 amide bonds. The van der Waals surface area contributed by atoms with E-state index in [-0.39, 0.29) is 0 Å². The Labute approximate surface area is 211 Å². The van der Waals surface area contributed by atoms with Crippen LogP contribution in [-0.4, -0.2) is 17.5 Å². The number of hydrogen-bond donors (Lipinski definition) is 2. The van der Waals surface area contributed by atoms with E-state index in [4.69, 9.17) is 12.2 Å². The minimum atomic E-state index is 0.368. The third-order valence-electron chi connectivity index (χ3n) is 5.23. The molecule has 0 aliphatic rings. The van der Waals surface area contributed by atoms with Crippen LogP contribution in [-0.2, 0) is 0 Å². The number of hydrogen-bond acceptors (Lipinski definition) is 3. The second kappa shape index (κ2) is 17.4. The fraction of sp³-hybridized carbons (Fsp3) is 0.345. The second-order valence-corrected chi connectivity index (χ2v) is 8.65. The number of allylic oxidation sites excluding steroid dienone is 2. The molecule has 0 unspecified atom stereocenters. The summed E-state index contributed by atoms with van der Waals surface area (Å²) in [4.78, 5) is 0. The molecule has 0 aliphatic heterocycles. The molecular formula is C29H38N4S. The molecule has 2 rings (SSSR count). The number of rotatable bonds is 14. The van der Waals surface area contributed by atoms with Gasteiger partial charge in [-0.2, -0.15) is 10.2 Å². The van der Waals surface area contributed by atoms with Gasteiger partial charge in [-0.15, -0.1) is 0 Å². The lowest BCUT2D eigenvalue weighted by atomic mass is 10.1. The molecule has 0 saturated heterocycles. The summed E-state index contributed by atoms with van der Waals surface area (Å²) in [6.45, 7) is 4.43. The van der Waals surface area contributed by atoms with Crippen molar-refractivity contribution in [3.8, 4) is 0 Å². The largest absolute Gasteiger partial charge is 0.252 e. The zero-order valence-electron chi connectivity index (χ0n) is 20.5. The van der Waals surface area contributed by atoms with Gasteiger partial charge >= 0.3 is 0 Å². The van der Waals surface area contributed by atoms with Crippen LogP contribution in [0.5, 0.6) is 0 Å². The van der Waals surface area contributed by atoms with Crippen molar-refractivity contribution in [1.29, 1.82) is 0 Å². The quantitative estimate of drug-likeness (QED) is 0.127. The highest BCUT2D eigenvalue weighted by molar-refractivity contribution is 7.80. The summed E-state index contributed by atoms with van der Waals surface area (Å²) in [6, 6.07) is 20.6. The SMILES string of the molecule is CCCCCC(=Cc1ccccc1)/C=N\NC(=S)N/N=C/C(=Cc1ccccc1)CCCCC. The van der Waals surface area contributed by atoms with Crippen molar-refractivity contribution >= 4 is 41.9 Å². The van der Waals surface area contributed by atoms with Crippen LogP contribution in [0.3, 0.4) is 0 Å². The van der Waals surface area contributed by atoms with E-state index >= 15 is 0 Å². The van der Waals surface area contributed by atoms with Gasteiger partial charge in [-0.05, 0) is 60.2 Å². The number of hydrazone groups is 2. The van der Waals surface area contributed by atoms with Crippen LogP contribution in [0.2, 0.25) is 0 Å². The van der Waals surface area contributed by atoms with Crippen molar-refractivity contribution in [2.24, 2.45) is 10.2 Å². The molecule has 0 radical (unpaired) electrons. The van der Waals surface area contributed by atoms with Crippen molar-refractivity contribution in [2.45, 2.75) is 65.2 Å². The molecule has 2 N–H and O–H groups in total. The zero-order valence-corrected chi connectivity index (χ0v) is 21.4. The summed E-state index contributed by atoms with van der Waals surface area (Å²) in [6.07, 6.45) is 17.1. The normalized spacial score (nSPS) is 12.4. The first-order valence-electron chi connectivity index (χ1n) is 12.3. The zero-order chi connectivity index (χ0) is 24.3. The van der Waals surface area contributed by atoms with Crippen molar-refractivity contribution in [3.63, 3.8) is 0 Å². The van der Waals surface area contributed by atoms with Crippen LogP contribution in [0, 0.1) is 0 Å². The molecule has 0 fully saturated rings. The van der Waals surface area contributed by atoms with Crippen molar-refractivity contribution < 1.29 is 0 Å². The maximum atomic E-state index is 5.34. The first-order valence-corrected chi connectivity index (χ1v) is 12.8. The molecule has 0 aliphatic carbocycles. The Hall–Kier alpha value is -3.05. The topological polar surface area (TPSA) is 48.8 Å². The van der Waals surface area contributed by atoms with Crippen LogP contribution in [0.1, 0.15) is 76.3 Å². The molecule has 34 heavy (non-hydrogen) atoms. The molecule has 4 nitrogen and oxygen atoms in total. The number of nitrogens with zero attached hydrogens (tertiary/aromatic N) is 2. The fourth-order valence-corrected chi connectivity index (χ4v) is 3.51. The van der Waals surface area contributed by atoms with E-state index in [9.17, 15) is 0 Å². The monoisotopic (exact) mass is 474 g/mol. The number of thiocarbonyl (C=S) groups is 1. The molecule has 0 atom stereocenters. The minimum absolute atomic E-state index is 0.368. The van der Waals surface area contributed by atoms with Gasteiger partial charge < -0.3 is 0 Å². The molecule has 0 heterocycles. The highest BCUT2D eigenvalue weighted by Crippen LogP contribution is 2.13. The molecule has 5 heteroatoms. The predicted octanol–water partition coefficient (Wildman–Crippen LogP) is 7.75. The third kappa shape index (κ3) is 12.3. The van der Waals surface area contributed by atoms with Crippen molar-refractivity contribution in [1.82, 2.24) is 10.9 Å². The van der Waals surface area contributed by atoms with Gasteiger partial charge in [-0.3, -0.25) is 10.9 Å². The molecule has 0 spiro atoms. The Morgan fingerprint density at radius 2 is 1.09 bits per heavy atom. The lowest BCUT2D eigenvalue weighted by Gasteiger charge is -2.05. The van der Waals surface area contributed by atoms with E-state index in [0.29, 0.717) is 5.11 Å². The lowest BCUT2D eigenvalue weighted by molar-refractivity contribution is 0.724. The summed E-state index contributed by atoms with van der Waals surface area (Å²) in [5.74, 6) is 0. The van der Waals surface area contributed by atoms with E-state index in [2.05, 4.69) is 71.3 Å². The molecule has 2 aromatic rings. The Bertz CT molecular complexity index is 869. The van der Waals surface area contributed by atoms with Gasteiger partial charge in [0, 0.05) is 0 Å². The van der Waals surface area contributed by atoms with Gasteiger partial charge in [0.15, 0.2) is 0 Å². The Morgan fingerprint density at radius 3 is 1.47 bits per heavy atom. The summed E-state index contributed by atoms with van der Waals surface area (Å²) < 4.78 is 0. The smallest absolute Gasteiger partial charge is 0.207 e. The van der Waals surface area contributed by atoms with Crippen LogP contribution in [0.15, 0.2) is 82.0 Å². The van der Waals surface area contributed by atoms with E-state index in [1.165, 1.54) is 48.0 Å². The van der Waals surface area contributed by atoms with Gasteiger partial charge in [0.1, 0.15) is 0 Å². The molecular weight excluding hydrogens is 436 g/mol.